The van der Waals surface area contributed by atoms with Gasteiger partial charge in [0.05, 0.1) is 0 Å². The molecule has 0 aliphatic heterocycles. The van der Waals surface area contributed by atoms with Crippen molar-refractivity contribution < 1.29 is 9.47 Å². The van der Waals surface area contributed by atoms with Gasteiger partial charge >= 0.3 is 0 Å². The molecule has 0 spiro atoms. The highest BCUT2D eigenvalue weighted by Crippen LogP contribution is 2.13. The molecule has 1 aromatic rings. The summed E-state index contributed by atoms with van der Waals surface area (Å²) in [6, 6.07) is -0.366. The van der Waals surface area contributed by atoms with E-state index in [0.717, 1.165) is 5.82 Å². The van der Waals surface area contributed by atoms with Gasteiger partial charge in [-0.25, -0.2) is 4.98 Å². The van der Waals surface area contributed by atoms with Gasteiger partial charge < -0.3 is 19.8 Å². The van der Waals surface area contributed by atoms with Crippen LogP contribution in [0.5, 0.6) is 0 Å². The zero-order chi connectivity index (χ0) is 9.84. The molecule has 74 valence electrons. The van der Waals surface area contributed by atoms with Crippen molar-refractivity contribution in [3.63, 3.8) is 0 Å². The van der Waals surface area contributed by atoms with Crippen molar-refractivity contribution in [1.29, 1.82) is 0 Å². The first-order chi connectivity index (χ1) is 6.20. The number of methoxy groups -OCH3 is 2. The molecule has 0 radical (unpaired) electrons. The average Bonchev–Trinajstić information content (AvgIpc) is 2.53. The Morgan fingerprint density at radius 3 is 2.46 bits per heavy atom. The molecule has 1 aromatic heterocycles. The Balaban J connectivity index is 2.77. The van der Waals surface area contributed by atoms with E-state index in [2.05, 4.69) is 4.98 Å². The van der Waals surface area contributed by atoms with E-state index in [1.807, 2.05) is 17.8 Å². The molecule has 5 heteroatoms. The number of nitrogens with zero attached hydrogens (tertiary/aromatic N) is 2. The van der Waals surface area contributed by atoms with Crippen LogP contribution in [-0.2, 0) is 16.5 Å². The Morgan fingerprint density at radius 2 is 2.08 bits per heavy atom. The minimum Gasteiger partial charge on any atom is -0.354 e. The van der Waals surface area contributed by atoms with Crippen LogP contribution in [0.3, 0.4) is 0 Å². The SMILES string of the molecule is COC(OC)C(N)c1nccn1C. The van der Waals surface area contributed by atoms with Gasteiger partial charge in [-0.2, -0.15) is 0 Å². The van der Waals surface area contributed by atoms with Gasteiger partial charge in [0.15, 0.2) is 6.29 Å². The highest BCUT2D eigenvalue weighted by molar-refractivity contribution is 4.98. The summed E-state index contributed by atoms with van der Waals surface area (Å²) < 4.78 is 11.9. The van der Waals surface area contributed by atoms with Gasteiger partial charge in [-0.15, -0.1) is 0 Å². The van der Waals surface area contributed by atoms with E-state index in [-0.39, 0.29) is 6.04 Å². The van der Waals surface area contributed by atoms with Crippen molar-refractivity contribution >= 4 is 0 Å². The summed E-state index contributed by atoms with van der Waals surface area (Å²) in [7, 11) is 4.98. The summed E-state index contributed by atoms with van der Waals surface area (Å²) in [6.45, 7) is 0. The fourth-order valence-electron chi connectivity index (χ4n) is 1.21. The predicted octanol–water partition coefficient (Wildman–Crippen LogP) is 0.0388. The third kappa shape index (κ3) is 2.06. The van der Waals surface area contributed by atoms with E-state index in [4.69, 9.17) is 15.2 Å². The van der Waals surface area contributed by atoms with Crippen LogP contribution in [0.4, 0.5) is 0 Å². The second-order valence-corrected chi connectivity index (χ2v) is 2.76. The molecular formula is C8H15N3O2. The lowest BCUT2D eigenvalue weighted by Crippen LogP contribution is -2.31. The van der Waals surface area contributed by atoms with Crippen LogP contribution in [-0.4, -0.2) is 30.1 Å². The van der Waals surface area contributed by atoms with Crippen LogP contribution in [0.1, 0.15) is 11.9 Å². The summed E-state index contributed by atoms with van der Waals surface area (Å²) in [5.74, 6) is 0.744. The molecule has 1 heterocycles. The van der Waals surface area contributed by atoms with E-state index in [1.165, 1.54) is 0 Å². The van der Waals surface area contributed by atoms with Crippen LogP contribution in [0, 0.1) is 0 Å². The van der Waals surface area contributed by atoms with Crippen LogP contribution < -0.4 is 5.73 Å². The number of imidazole rings is 1. The zero-order valence-electron chi connectivity index (χ0n) is 8.10. The van der Waals surface area contributed by atoms with Gasteiger partial charge in [-0.1, -0.05) is 0 Å². The molecule has 0 amide bonds. The predicted molar refractivity (Wildman–Crippen MR) is 47.9 cm³/mol. The Hall–Kier alpha value is -0.910. The Labute approximate surface area is 77.5 Å². The van der Waals surface area contributed by atoms with Crippen molar-refractivity contribution in [1.82, 2.24) is 9.55 Å². The number of hydrogen-bond donors (Lipinski definition) is 1. The third-order valence-corrected chi connectivity index (χ3v) is 1.91. The Kier molecular flexibility index (Phi) is 3.41. The largest absolute Gasteiger partial charge is 0.354 e. The molecule has 13 heavy (non-hydrogen) atoms. The average molecular weight is 185 g/mol. The van der Waals surface area contributed by atoms with Gasteiger partial charge in [-0.3, -0.25) is 0 Å². The monoisotopic (exact) mass is 185 g/mol. The molecule has 5 nitrogen and oxygen atoms in total. The standard InChI is InChI=1S/C8H15N3O2/c1-11-5-4-10-7(11)6(9)8(12-2)13-3/h4-6,8H,9H2,1-3H3. The van der Waals surface area contributed by atoms with Crippen molar-refractivity contribution in [2.75, 3.05) is 14.2 Å². The first-order valence-corrected chi connectivity index (χ1v) is 3.99. The molecule has 1 atom stereocenters. The number of hydrogen-bond acceptors (Lipinski definition) is 4. The van der Waals surface area contributed by atoms with E-state index in [0.29, 0.717) is 0 Å². The number of aromatic nitrogens is 2. The minimum atomic E-state index is -0.457. The van der Waals surface area contributed by atoms with Crippen LogP contribution in [0.2, 0.25) is 0 Å². The Bertz CT molecular complexity index is 258. The maximum atomic E-state index is 5.87. The number of ether oxygens (including phenoxy) is 2. The van der Waals surface area contributed by atoms with Gasteiger partial charge in [0.25, 0.3) is 0 Å². The molecule has 0 saturated carbocycles. The maximum Gasteiger partial charge on any atom is 0.179 e. The topological polar surface area (TPSA) is 62.3 Å². The maximum absolute atomic E-state index is 5.87. The van der Waals surface area contributed by atoms with Gasteiger partial charge in [0, 0.05) is 33.7 Å². The fourth-order valence-corrected chi connectivity index (χ4v) is 1.21. The lowest BCUT2D eigenvalue weighted by atomic mass is 10.3. The second-order valence-electron chi connectivity index (χ2n) is 2.76. The molecule has 2 N–H and O–H groups in total. The number of aryl methyl sites for hydroxylation is 1. The lowest BCUT2D eigenvalue weighted by Gasteiger charge is -2.20. The molecule has 0 fully saturated rings. The van der Waals surface area contributed by atoms with Crippen molar-refractivity contribution in [3.8, 4) is 0 Å². The van der Waals surface area contributed by atoms with E-state index in [1.54, 1.807) is 20.4 Å². The summed E-state index contributed by atoms with van der Waals surface area (Å²) in [5.41, 5.74) is 5.87. The van der Waals surface area contributed by atoms with E-state index in [9.17, 15) is 0 Å². The van der Waals surface area contributed by atoms with E-state index < -0.39 is 6.29 Å². The molecule has 1 unspecified atom stereocenters. The highest BCUT2D eigenvalue weighted by Gasteiger charge is 2.21. The molecule has 0 aliphatic rings. The minimum absolute atomic E-state index is 0.366. The molecule has 0 bridgehead atoms. The zero-order valence-corrected chi connectivity index (χ0v) is 8.10. The third-order valence-electron chi connectivity index (χ3n) is 1.91. The molecule has 1 rings (SSSR count). The second kappa shape index (κ2) is 4.36. The summed E-state index contributed by atoms with van der Waals surface area (Å²) >= 11 is 0. The first-order valence-electron chi connectivity index (χ1n) is 3.99. The summed E-state index contributed by atoms with van der Waals surface area (Å²) in [6.07, 6.45) is 3.07. The van der Waals surface area contributed by atoms with Gasteiger partial charge in [0.1, 0.15) is 11.9 Å². The summed E-state index contributed by atoms with van der Waals surface area (Å²) in [4.78, 5) is 4.11. The van der Waals surface area contributed by atoms with Crippen LogP contribution in [0.25, 0.3) is 0 Å². The highest BCUT2D eigenvalue weighted by atomic mass is 16.7. The van der Waals surface area contributed by atoms with Gasteiger partial charge in [0.2, 0.25) is 0 Å². The van der Waals surface area contributed by atoms with Crippen molar-refractivity contribution in [3.05, 3.63) is 18.2 Å². The number of nitrogens with two attached hydrogens (primary N) is 1. The first kappa shape index (κ1) is 10.2. The Morgan fingerprint density at radius 1 is 1.46 bits per heavy atom. The van der Waals surface area contributed by atoms with Crippen molar-refractivity contribution in [2.45, 2.75) is 12.3 Å². The summed E-state index contributed by atoms with van der Waals surface area (Å²) in [5, 5.41) is 0. The van der Waals surface area contributed by atoms with Crippen LogP contribution in [0.15, 0.2) is 12.4 Å². The molecule has 0 saturated heterocycles. The molecular weight excluding hydrogens is 170 g/mol. The quantitative estimate of drug-likeness (QED) is 0.673. The lowest BCUT2D eigenvalue weighted by molar-refractivity contribution is -0.119. The normalized spacial score (nSPS) is 13.6. The van der Waals surface area contributed by atoms with E-state index >= 15 is 0 Å². The molecule has 0 aliphatic carbocycles. The molecule has 0 aromatic carbocycles. The smallest absolute Gasteiger partial charge is 0.179 e. The number of rotatable bonds is 4. The van der Waals surface area contributed by atoms with Crippen LogP contribution >= 0.6 is 0 Å². The fraction of sp³-hybridized carbons (Fsp3) is 0.625. The van der Waals surface area contributed by atoms with Gasteiger partial charge in [-0.05, 0) is 0 Å². The van der Waals surface area contributed by atoms with Crippen molar-refractivity contribution in [2.24, 2.45) is 12.8 Å².